The van der Waals surface area contributed by atoms with Gasteiger partial charge in [0.1, 0.15) is 0 Å². The van der Waals surface area contributed by atoms with Gasteiger partial charge in [-0.1, -0.05) is 51.4 Å². The first kappa shape index (κ1) is 21.7. The van der Waals surface area contributed by atoms with E-state index in [9.17, 15) is 9.59 Å². The van der Waals surface area contributed by atoms with Crippen LogP contribution in [0.3, 0.4) is 0 Å². The average Bonchev–Trinajstić information content (AvgIpc) is 2.61. The second kappa shape index (κ2) is 11.9. The molecule has 2 aromatic heterocycles. The van der Waals surface area contributed by atoms with Crippen LogP contribution in [0.4, 0.5) is 11.9 Å². The van der Waals surface area contributed by atoms with Gasteiger partial charge in [-0.15, -0.1) is 0 Å². The number of aryl methyl sites for hydroxylation is 2. The zero-order valence-electron chi connectivity index (χ0n) is 16.5. The number of unbranched alkanes of at least 4 members (excludes halogenated alkanes) is 9. The number of hydrogen-bond donors (Lipinski definition) is 4. The summed E-state index contributed by atoms with van der Waals surface area (Å²) in [5, 5.41) is 0. The Morgan fingerprint density at radius 1 is 0.607 bits per heavy atom. The molecule has 8 heteroatoms. The largest absolute Gasteiger partial charge is 0.369 e. The summed E-state index contributed by atoms with van der Waals surface area (Å²) in [4.78, 5) is 35.8. The summed E-state index contributed by atoms with van der Waals surface area (Å²) in [6, 6.07) is 3.05. The van der Waals surface area contributed by atoms with Gasteiger partial charge in [-0.3, -0.25) is 19.6 Å². The molecule has 2 aromatic rings. The second-order valence-corrected chi connectivity index (χ2v) is 7.28. The first-order valence-corrected chi connectivity index (χ1v) is 10.2. The number of H-pyrrole nitrogens is 2. The van der Waals surface area contributed by atoms with Crippen LogP contribution < -0.4 is 22.6 Å². The average molecular weight is 389 g/mol. The molecule has 0 spiro atoms. The molecule has 0 radical (unpaired) electrons. The van der Waals surface area contributed by atoms with Crippen LogP contribution in [0.15, 0.2) is 21.7 Å². The third kappa shape index (κ3) is 8.83. The Bertz CT molecular complexity index is 760. The van der Waals surface area contributed by atoms with E-state index in [1.165, 1.54) is 50.7 Å². The molecular weight excluding hydrogens is 356 g/mol. The van der Waals surface area contributed by atoms with E-state index in [0.29, 0.717) is 0 Å². The Morgan fingerprint density at radius 3 is 1.25 bits per heavy atom. The number of rotatable bonds is 13. The van der Waals surface area contributed by atoms with E-state index in [-0.39, 0.29) is 23.0 Å². The number of nitrogens with zero attached hydrogens (tertiary/aromatic N) is 2. The molecule has 0 aliphatic rings. The molecule has 2 rings (SSSR count). The Balaban J connectivity index is 1.41. The Kier molecular flexibility index (Phi) is 9.24. The van der Waals surface area contributed by atoms with Crippen LogP contribution in [-0.4, -0.2) is 19.9 Å². The molecule has 2 heterocycles. The summed E-state index contributed by atoms with van der Waals surface area (Å²) in [6.45, 7) is 0. The number of nitrogens with two attached hydrogens (primary N) is 2. The summed E-state index contributed by atoms with van der Waals surface area (Å²) in [5.41, 5.74) is 12.3. The fraction of sp³-hybridized carbons (Fsp3) is 0.600. The number of hydrogen-bond acceptors (Lipinski definition) is 6. The lowest BCUT2D eigenvalue weighted by atomic mass is 10.0. The van der Waals surface area contributed by atoms with E-state index in [2.05, 4.69) is 19.9 Å². The fourth-order valence-corrected chi connectivity index (χ4v) is 3.34. The zero-order valence-corrected chi connectivity index (χ0v) is 16.5. The van der Waals surface area contributed by atoms with Crippen molar-refractivity contribution < 1.29 is 0 Å². The Hall–Kier alpha value is -2.64. The van der Waals surface area contributed by atoms with Crippen molar-refractivity contribution in [2.75, 3.05) is 11.5 Å². The highest BCUT2D eigenvalue weighted by Crippen LogP contribution is 2.12. The van der Waals surface area contributed by atoms with E-state index in [4.69, 9.17) is 11.5 Å². The molecule has 0 saturated heterocycles. The standard InChI is InChI=1S/C20H32N6O2/c21-19-23-15(13-17(27)25-19)11-9-7-5-3-1-2-4-6-8-10-12-16-14-18(28)26-20(22)24-16/h13-14H,1-12H2,(H3,21,23,25,27)(H3,22,24,26,28). The van der Waals surface area contributed by atoms with Gasteiger partial charge in [0.2, 0.25) is 11.9 Å². The molecule has 0 aliphatic carbocycles. The molecule has 0 aliphatic heterocycles. The molecule has 0 fully saturated rings. The van der Waals surface area contributed by atoms with Gasteiger partial charge < -0.3 is 11.5 Å². The van der Waals surface area contributed by atoms with Crippen molar-refractivity contribution in [1.82, 2.24) is 19.9 Å². The van der Waals surface area contributed by atoms with Crippen molar-refractivity contribution in [3.63, 3.8) is 0 Å². The fourth-order valence-electron chi connectivity index (χ4n) is 3.34. The highest BCUT2D eigenvalue weighted by molar-refractivity contribution is 5.18. The minimum absolute atomic E-state index is 0.180. The molecule has 0 saturated carbocycles. The van der Waals surface area contributed by atoms with Crippen LogP contribution in [0.2, 0.25) is 0 Å². The van der Waals surface area contributed by atoms with Gasteiger partial charge in [0, 0.05) is 23.5 Å². The molecule has 28 heavy (non-hydrogen) atoms. The Labute approximate surface area is 165 Å². The first-order chi connectivity index (χ1) is 13.5. The van der Waals surface area contributed by atoms with Crippen LogP contribution in [0, 0.1) is 0 Å². The van der Waals surface area contributed by atoms with Crippen molar-refractivity contribution in [1.29, 1.82) is 0 Å². The first-order valence-electron chi connectivity index (χ1n) is 10.2. The maximum atomic E-state index is 11.3. The number of nitrogen functional groups attached to an aromatic ring is 2. The predicted octanol–water partition coefficient (Wildman–Crippen LogP) is 2.70. The number of aromatic amines is 2. The molecule has 8 nitrogen and oxygen atoms in total. The minimum atomic E-state index is -0.180. The van der Waals surface area contributed by atoms with Crippen molar-refractivity contribution in [3.05, 3.63) is 44.2 Å². The normalized spacial score (nSPS) is 11.0. The molecule has 0 unspecified atom stereocenters. The number of anilines is 2. The van der Waals surface area contributed by atoms with Crippen molar-refractivity contribution >= 4 is 11.9 Å². The summed E-state index contributed by atoms with van der Waals surface area (Å²) in [6.07, 6.45) is 13.5. The lowest BCUT2D eigenvalue weighted by molar-refractivity contribution is 0.549. The summed E-state index contributed by atoms with van der Waals surface area (Å²) >= 11 is 0. The maximum absolute atomic E-state index is 11.3. The van der Waals surface area contributed by atoms with Crippen LogP contribution in [0.25, 0.3) is 0 Å². The van der Waals surface area contributed by atoms with Crippen LogP contribution in [0.5, 0.6) is 0 Å². The molecular formula is C20H32N6O2. The van der Waals surface area contributed by atoms with Gasteiger partial charge in [0.05, 0.1) is 0 Å². The minimum Gasteiger partial charge on any atom is -0.369 e. The Morgan fingerprint density at radius 2 is 0.929 bits per heavy atom. The smallest absolute Gasteiger partial charge is 0.252 e. The van der Waals surface area contributed by atoms with Crippen molar-refractivity contribution in [2.45, 2.75) is 77.0 Å². The lowest BCUT2D eigenvalue weighted by Crippen LogP contribution is -2.11. The SMILES string of the molecule is Nc1nc(CCCCCCCCCCCCc2cc(=O)[nH]c(N)n2)cc(=O)[nH]1. The van der Waals surface area contributed by atoms with E-state index < -0.39 is 0 Å². The van der Waals surface area contributed by atoms with Crippen LogP contribution >= 0.6 is 0 Å². The van der Waals surface area contributed by atoms with Gasteiger partial charge in [-0.05, 0) is 25.7 Å². The summed E-state index contributed by atoms with van der Waals surface area (Å²) in [5.74, 6) is 0.389. The van der Waals surface area contributed by atoms with E-state index >= 15 is 0 Å². The quantitative estimate of drug-likeness (QED) is 0.388. The van der Waals surface area contributed by atoms with Gasteiger partial charge in [-0.25, -0.2) is 9.97 Å². The predicted molar refractivity (Wildman–Crippen MR) is 112 cm³/mol. The second-order valence-electron chi connectivity index (χ2n) is 7.28. The lowest BCUT2D eigenvalue weighted by Gasteiger charge is -2.04. The topological polar surface area (TPSA) is 144 Å². The van der Waals surface area contributed by atoms with Gasteiger partial charge in [0.25, 0.3) is 11.1 Å². The molecule has 0 atom stereocenters. The number of nitrogens with one attached hydrogen (secondary N) is 2. The molecule has 0 aromatic carbocycles. The van der Waals surface area contributed by atoms with Crippen molar-refractivity contribution in [3.8, 4) is 0 Å². The van der Waals surface area contributed by atoms with Gasteiger partial charge in [0.15, 0.2) is 0 Å². The molecule has 6 N–H and O–H groups in total. The highest BCUT2D eigenvalue weighted by Gasteiger charge is 2.00. The van der Waals surface area contributed by atoms with Gasteiger partial charge in [-0.2, -0.15) is 0 Å². The van der Waals surface area contributed by atoms with Crippen molar-refractivity contribution in [2.24, 2.45) is 0 Å². The number of aromatic nitrogens is 4. The highest BCUT2D eigenvalue weighted by atomic mass is 16.1. The molecule has 154 valence electrons. The van der Waals surface area contributed by atoms with Crippen LogP contribution in [-0.2, 0) is 12.8 Å². The third-order valence-corrected chi connectivity index (χ3v) is 4.74. The van der Waals surface area contributed by atoms with E-state index in [1.807, 2.05) is 0 Å². The maximum Gasteiger partial charge on any atom is 0.252 e. The summed E-state index contributed by atoms with van der Waals surface area (Å²) in [7, 11) is 0. The van der Waals surface area contributed by atoms with E-state index in [1.54, 1.807) is 0 Å². The zero-order chi connectivity index (χ0) is 20.2. The van der Waals surface area contributed by atoms with E-state index in [0.717, 1.165) is 49.9 Å². The molecule has 0 bridgehead atoms. The monoisotopic (exact) mass is 388 g/mol. The summed E-state index contributed by atoms with van der Waals surface area (Å²) < 4.78 is 0. The van der Waals surface area contributed by atoms with Crippen LogP contribution in [0.1, 0.15) is 75.6 Å². The van der Waals surface area contributed by atoms with Gasteiger partial charge >= 0.3 is 0 Å². The third-order valence-electron chi connectivity index (χ3n) is 4.74. The molecule has 0 amide bonds.